The molecule has 38 heavy (non-hydrogen) atoms. The van der Waals surface area contributed by atoms with Crippen LogP contribution in [0.25, 0.3) is 0 Å². The number of benzene rings is 1. The Morgan fingerprint density at radius 2 is 2.03 bits per heavy atom. The lowest BCUT2D eigenvalue weighted by atomic mass is 9.72. The SMILES string of the molecule is CCN(C(=O)c1cc(F)ccc1Oc1cncnc1N1CC2(CCN(C(=O)[C@@H]3CSCN3)CC2)C1)C(C)C. The number of hydrogen-bond donors (Lipinski definition) is 1. The first-order valence-electron chi connectivity index (χ1n) is 13.2. The van der Waals surface area contributed by atoms with Crippen LogP contribution in [-0.2, 0) is 4.79 Å². The number of nitrogens with one attached hydrogen (secondary N) is 1. The van der Waals surface area contributed by atoms with Crippen LogP contribution in [0.5, 0.6) is 11.5 Å². The molecule has 0 aliphatic carbocycles. The second kappa shape index (κ2) is 11.1. The number of aromatic nitrogens is 2. The van der Waals surface area contributed by atoms with E-state index in [2.05, 4.69) is 20.2 Å². The van der Waals surface area contributed by atoms with Gasteiger partial charge in [0.15, 0.2) is 11.6 Å². The summed E-state index contributed by atoms with van der Waals surface area (Å²) in [6.07, 6.45) is 4.97. The van der Waals surface area contributed by atoms with E-state index in [0.29, 0.717) is 18.1 Å². The topological polar surface area (TPSA) is 90.9 Å². The molecule has 3 saturated heterocycles. The summed E-state index contributed by atoms with van der Waals surface area (Å²) in [4.78, 5) is 40.5. The minimum absolute atomic E-state index is 0.0356. The minimum atomic E-state index is -0.498. The van der Waals surface area contributed by atoms with Gasteiger partial charge in [-0.05, 0) is 51.8 Å². The van der Waals surface area contributed by atoms with Crippen LogP contribution in [0.1, 0.15) is 44.0 Å². The van der Waals surface area contributed by atoms with Gasteiger partial charge in [-0.15, -0.1) is 11.8 Å². The Bertz CT molecular complexity index is 1180. The molecule has 0 unspecified atom stereocenters. The van der Waals surface area contributed by atoms with Crippen LogP contribution in [-0.4, -0.2) is 88.0 Å². The number of amides is 2. The van der Waals surface area contributed by atoms with Crippen molar-refractivity contribution in [3.63, 3.8) is 0 Å². The number of anilines is 1. The van der Waals surface area contributed by atoms with Crippen molar-refractivity contribution in [2.75, 3.05) is 49.3 Å². The first-order chi connectivity index (χ1) is 18.3. The molecule has 0 radical (unpaired) electrons. The van der Waals surface area contributed by atoms with E-state index in [1.807, 2.05) is 25.7 Å². The number of rotatable bonds is 7. The van der Waals surface area contributed by atoms with Crippen molar-refractivity contribution in [3.05, 3.63) is 42.1 Å². The highest BCUT2D eigenvalue weighted by molar-refractivity contribution is 7.99. The van der Waals surface area contributed by atoms with Crippen molar-refractivity contribution in [3.8, 4) is 11.5 Å². The fourth-order valence-electron chi connectivity index (χ4n) is 5.60. The number of halogens is 1. The molecule has 4 heterocycles. The van der Waals surface area contributed by atoms with Gasteiger partial charge in [-0.3, -0.25) is 14.9 Å². The first-order valence-corrected chi connectivity index (χ1v) is 14.4. The van der Waals surface area contributed by atoms with E-state index in [0.717, 1.165) is 50.7 Å². The summed E-state index contributed by atoms with van der Waals surface area (Å²) in [7, 11) is 0. The van der Waals surface area contributed by atoms with Gasteiger partial charge in [-0.2, -0.15) is 0 Å². The maximum Gasteiger partial charge on any atom is 0.257 e. The molecule has 1 atom stereocenters. The van der Waals surface area contributed by atoms with Crippen molar-refractivity contribution in [1.29, 1.82) is 0 Å². The van der Waals surface area contributed by atoms with Crippen LogP contribution in [0.4, 0.5) is 10.2 Å². The Morgan fingerprint density at radius 1 is 1.26 bits per heavy atom. The number of nitrogens with zero attached hydrogens (tertiary/aromatic N) is 5. The molecule has 5 rings (SSSR count). The molecule has 0 saturated carbocycles. The van der Waals surface area contributed by atoms with Crippen molar-refractivity contribution in [2.45, 2.75) is 45.7 Å². The number of piperidine rings is 1. The van der Waals surface area contributed by atoms with Crippen LogP contribution >= 0.6 is 11.8 Å². The molecule has 1 spiro atoms. The van der Waals surface area contributed by atoms with Crippen LogP contribution in [0, 0.1) is 11.2 Å². The Morgan fingerprint density at radius 3 is 2.68 bits per heavy atom. The Kier molecular flexibility index (Phi) is 7.76. The van der Waals surface area contributed by atoms with Gasteiger partial charge < -0.3 is 19.4 Å². The number of thioether (sulfide) groups is 1. The van der Waals surface area contributed by atoms with Gasteiger partial charge in [0.1, 0.15) is 17.9 Å². The fourth-order valence-corrected chi connectivity index (χ4v) is 6.53. The molecule has 3 aliphatic heterocycles. The number of hydrogen-bond acceptors (Lipinski definition) is 8. The van der Waals surface area contributed by atoms with E-state index >= 15 is 0 Å². The number of carbonyl (C=O) groups is 2. The third kappa shape index (κ3) is 5.31. The highest BCUT2D eigenvalue weighted by Gasteiger charge is 2.47. The summed E-state index contributed by atoms with van der Waals surface area (Å²) in [6, 6.07) is 3.90. The zero-order chi connectivity index (χ0) is 26.9. The van der Waals surface area contributed by atoms with E-state index in [9.17, 15) is 14.0 Å². The Balaban J connectivity index is 1.27. The summed E-state index contributed by atoms with van der Waals surface area (Å²) < 4.78 is 20.4. The molecule has 9 nitrogen and oxygen atoms in total. The van der Waals surface area contributed by atoms with Gasteiger partial charge in [-0.1, -0.05) is 0 Å². The fraction of sp³-hybridized carbons (Fsp3) is 0.556. The number of ether oxygens (including phenoxy) is 1. The standard InChI is InChI=1S/C27H35FN6O3S/c1-4-34(18(2)3)25(35)20-11-19(28)5-6-22(20)37-23-12-29-16-30-24(23)33-14-27(15-33)7-9-32(10-8-27)26(36)21-13-38-17-31-21/h5-6,11-12,16,18,21,31H,4,7-10,13-15,17H2,1-3H3/t21-/m0/s1. The molecular weight excluding hydrogens is 507 g/mol. The molecule has 1 aromatic heterocycles. The molecule has 204 valence electrons. The van der Waals surface area contributed by atoms with Gasteiger partial charge >= 0.3 is 0 Å². The lowest BCUT2D eigenvalue weighted by Gasteiger charge is -2.54. The zero-order valence-electron chi connectivity index (χ0n) is 22.2. The largest absolute Gasteiger partial charge is 0.451 e. The minimum Gasteiger partial charge on any atom is -0.451 e. The van der Waals surface area contributed by atoms with Gasteiger partial charge in [0.2, 0.25) is 5.91 Å². The number of carbonyl (C=O) groups excluding carboxylic acids is 2. The summed E-state index contributed by atoms with van der Waals surface area (Å²) >= 11 is 1.77. The summed E-state index contributed by atoms with van der Waals surface area (Å²) in [5.41, 5.74) is 0.315. The predicted molar refractivity (Wildman–Crippen MR) is 145 cm³/mol. The average molecular weight is 543 g/mol. The second-order valence-corrected chi connectivity index (χ2v) is 11.6. The Hall–Kier alpha value is -2.92. The quantitative estimate of drug-likeness (QED) is 0.570. The first kappa shape index (κ1) is 26.7. The van der Waals surface area contributed by atoms with Crippen molar-refractivity contribution in [2.24, 2.45) is 5.41 Å². The molecule has 2 amide bonds. The lowest BCUT2D eigenvalue weighted by Crippen LogP contribution is -2.62. The molecule has 11 heteroatoms. The number of likely N-dealkylation sites (tertiary alicyclic amines) is 1. The molecule has 1 aromatic carbocycles. The highest BCUT2D eigenvalue weighted by Crippen LogP contribution is 2.45. The summed E-state index contributed by atoms with van der Waals surface area (Å²) in [5, 5.41) is 3.28. The molecule has 0 bridgehead atoms. The van der Waals surface area contributed by atoms with Gasteiger partial charge in [0, 0.05) is 55.8 Å². The second-order valence-electron chi connectivity index (χ2n) is 10.6. The maximum absolute atomic E-state index is 14.2. The molecule has 3 aliphatic rings. The van der Waals surface area contributed by atoms with Crippen LogP contribution in [0.15, 0.2) is 30.7 Å². The van der Waals surface area contributed by atoms with Crippen LogP contribution in [0.2, 0.25) is 0 Å². The summed E-state index contributed by atoms with van der Waals surface area (Å²) in [5.74, 6) is 2.47. The van der Waals surface area contributed by atoms with Gasteiger partial charge in [0.25, 0.3) is 5.91 Å². The van der Waals surface area contributed by atoms with Crippen LogP contribution in [0.3, 0.4) is 0 Å². The molecule has 3 fully saturated rings. The molecular formula is C27H35FN6O3S. The normalized spacial score (nSPS) is 20.5. The van der Waals surface area contributed by atoms with E-state index in [-0.39, 0.29) is 40.6 Å². The van der Waals surface area contributed by atoms with Crippen LogP contribution < -0.4 is 15.0 Å². The van der Waals surface area contributed by atoms with E-state index < -0.39 is 5.82 Å². The van der Waals surface area contributed by atoms with E-state index in [4.69, 9.17) is 4.74 Å². The van der Waals surface area contributed by atoms with Crippen molar-refractivity contribution < 1.29 is 18.7 Å². The zero-order valence-corrected chi connectivity index (χ0v) is 23.0. The maximum atomic E-state index is 14.2. The predicted octanol–water partition coefficient (Wildman–Crippen LogP) is 3.37. The van der Waals surface area contributed by atoms with Gasteiger partial charge in [0.05, 0.1) is 17.8 Å². The van der Waals surface area contributed by atoms with Crippen molar-refractivity contribution >= 4 is 29.4 Å². The smallest absolute Gasteiger partial charge is 0.257 e. The van der Waals surface area contributed by atoms with Crippen molar-refractivity contribution in [1.82, 2.24) is 25.1 Å². The Labute approximate surface area is 227 Å². The third-order valence-corrected chi connectivity index (χ3v) is 8.72. The third-order valence-electron chi connectivity index (χ3n) is 7.78. The highest BCUT2D eigenvalue weighted by atomic mass is 32.2. The lowest BCUT2D eigenvalue weighted by molar-refractivity contribution is -0.135. The summed E-state index contributed by atoms with van der Waals surface area (Å²) in [6.45, 7) is 9.41. The molecule has 2 aromatic rings. The molecule has 1 N–H and O–H groups in total. The average Bonchev–Trinajstić information content (AvgIpc) is 3.44. The van der Waals surface area contributed by atoms with E-state index in [1.165, 1.54) is 24.5 Å². The monoisotopic (exact) mass is 542 g/mol. The van der Waals surface area contributed by atoms with E-state index in [1.54, 1.807) is 22.9 Å². The van der Waals surface area contributed by atoms with Gasteiger partial charge in [-0.25, -0.2) is 14.4 Å².